The Bertz CT molecular complexity index is 658. The van der Waals surface area contributed by atoms with Gasteiger partial charge in [-0.1, -0.05) is 37.3 Å². The van der Waals surface area contributed by atoms with Crippen molar-refractivity contribution in [2.24, 2.45) is 0 Å². The van der Waals surface area contributed by atoms with Crippen molar-refractivity contribution in [2.45, 2.75) is 32.6 Å². The molecule has 0 unspecified atom stereocenters. The second-order valence-electron chi connectivity index (χ2n) is 6.13. The normalized spacial score (nSPS) is 15.4. The van der Waals surface area contributed by atoms with Crippen molar-refractivity contribution >= 4 is 22.6 Å². The van der Waals surface area contributed by atoms with E-state index in [1.165, 1.54) is 17.1 Å². The number of benzene rings is 1. The first-order chi connectivity index (χ1) is 11.8. The smallest absolute Gasteiger partial charge is 0.222 e. The molecule has 5 nitrogen and oxygen atoms in total. The molecule has 1 aliphatic rings. The quantitative estimate of drug-likeness (QED) is 0.837. The second kappa shape index (κ2) is 8.24. The highest BCUT2D eigenvalue weighted by molar-refractivity contribution is 7.09. The number of hydrogen-bond acceptors (Lipinski definition) is 5. The van der Waals surface area contributed by atoms with Crippen molar-refractivity contribution in [3.63, 3.8) is 0 Å². The molecule has 1 fully saturated rings. The lowest BCUT2D eigenvalue weighted by atomic mass is 10.1. The Morgan fingerprint density at radius 2 is 2.00 bits per heavy atom. The summed E-state index contributed by atoms with van der Waals surface area (Å²) in [5.41, 5.74) is 1.23. The zero-order chi connectivity index (χ0) is 16.8. The van der Waals surface area contributed by atoms with E-state index in [4.69, 9.17) is 4.98 Å². The largest absolute Gasteiger partial charge is 0.345 e. The molecule has 6 heteroatoms. The van der Waals surface area contributed by atoms with Crippen LogP contribution < -0.4 is 4.90 Å². The Balaban J connectivity index is 1.60. The predicted octanol–water partition coefficient (Wildman–Crippen LogP) is 2.97. The molecule has 3 rings (SSSR count). The monoisotopic (exact) mass is 344 g/mol. The third-order valence-electron chi connectivity index (χ3n) is 4.25. The Labute approximate surface area is 147 Å². The van der Waals surface area contributed by atoms with Gasteiger partial charge >= 0.3 is 0 Å². The summed E-state index contributed by atoms with van der Waals surface area (Å²) in [6, 6.07) is 10.3. The van der Waals surface area contributed by atoms with Gasteiger partial charge in [-0.05, 0) is 18.4 Å². The van der Waals surface area contributed by atoms with Gasteiger partial charge in [0, 0.05) is 50.6 Å². The topological polar surface area (TPSA) is 49.3 Å². The number of anilines is 1. The predicted molar refractivity (Wildman–Crippen MR) is 97.5 cm³/mol. The number of carbonyl (C=O) groups excluding carboxylic acids is 1. The van der Waals surface area contributed by atoms with Crippen molar-refractivity contribution in [3.8, 4) is 0 Å². The summed E-state index contributed by atoms with van der Waals surface area (Å²) in [6.45, 7) is 5.47. The summed E-state index contributed by atoms with van der Waals surface area (Å²) in [6.07, 6.45) is 3.33. The molecule has 0 spiro atoms. The molecule has 0 radical (unpaired) electrons. The van der Waals surface area contributed by atoms with Gasteiger partial charge in [0.25, 0.3) is 0 Å². The summed E-state index contributed by atoms with van der Waals surface area (Å²) >= 11 is 1.47. The highest BCUT2D eigenvalue weighted by atomic mass is 32.1. The molecular formula is C18H24N4OS. The standard InChI is InChI=1S/C18H24N4OS/c1-2-7-17(23)21-10-6-11-22(13-12-21)18-19-16(20-24-18)14-15-8-4-3-5-9-15/h3-5,8-9H,2,6-7,10-14H2,1H3. The molecule has 0 atom stereocenters. The first-order valence-corrected chi connectivity index (χ1v) is 9.43. The van der Waals surface area contributed by atoms with Crippen LogP contribution in [-0.2, 0) is 11.2 Å². The van der Waals surface area contributed by atoms with Crippen LogP contribution in [0.15, 0.2) is 30.3 Å². The van der Waals surface area contributed by atoms with Gasteiger partial charge in [0.1, 0.15) is 5.82 Å². The average Bonchev–Trinajstić information content (AvgIpc) is 2.91. The molecule has 1 aromatic carbocycles. The van der Waals surface area contributed by atoms with Crippen LogP contribution in [0.1, 0.15) is 37.6 Å². The van der Waals surface area contributed by atoms with E-state index in [0.717, 1.165) is 56.4 Å². The van der Waals surface area contributed by atoms with Gasteiger partial charge in [0.2, 0.25) is 11.0 Å². The van der Waals surface area contributed by atoms with Crippen LogP contribution >= 0.6 is 11.5 Å². The van der Waals surface area contributed by atoms with Crippen LogP contribution in [0.25, 0.3) is 0 Å². The van der Waals surface area contributed by atoms with Crippen molar-refractivity contribution in [1.29, 1.82) is 0 Å². The molecule has 0 bridgehead atoms. The minimum absolute atomic E-state index is 0.279. The van der Waals surface area contributed by atoms with Crippen LogP contribution in [0.2, 0.25) is 0 Å². The van der Waals surface area contributed by atoms with Gasteiger partial charge in [0.05, 0.1) is 0 Å². The van der Waals surface area contributed by atoms with E-state index >= 15 is 0 Å². The number of carbonyl (C=O) groups is 1. The van der Waals surface area contributed by atoms with Crippen LogP contribution in [0.5, 0.6) is 0 Å². The van der Waals surface area contributed by atoms with E-state index in [9.17, 15) is 4.79 Å². The average molecular weight is 344 g/mol. The Morgan fingerprint density at radius 1 is 1.17 bits per heavy atom. The third kappa shape index (κ3) is 4.32. The molecule has 128 valence electrons. The summed E-state index contributed by atoms with van der Waals surface area (Å²) < 4.78 is 4.51. The molecule has 1 aromatic heterocycles. The molecule has 24 heavy (non-hydrogen) atoms. The highest BCUT2D eigenvalue weighted by Crippen LogP contribution is 2.20. The van der Waals surface area contributed by atoms with Crippen LogP contribution in [0.4, 0.5) is 5.13 Å². The maximum atomic E-state index is 12.1. The number of amides is 1. The summed E-state index contributed by atoms with van der Waals surface area (Å²) in [5.74, 6) is 1.16. The number of rotatable bonds is 5. The second-order valence-corrected chi connectivity index (χ2v) is 6.86. The summed E-state index contributed by atoms with van der Waals surface area (Å²) in [4.78, 5) is 21.1. The van der Waals surface area contributed by atoms with Crippen LogP contribution in [0.3, 0.4) is 0 Å². The Morgan fingerprint density at radius 3 is 2.79 bits per heavy atom. The van der Waals surface area contributed by atoms with Crippen molar-refractivity contribution in [2.75, 3.05) is 31.1 Å². The van der Waals surface area contributed by atoms with Gasteiger partial charge in [-0.3, -0.25) is 4.79 Å². The minimum Gasteiger partial charge on any atom is -0.345 e. The molecule has 1 amide bonds. The SMILES string of the molecule is CCCC(=O)N1CCCN(c2nc(Cc3ccccc3)ns2)CC1. The van der Waals surface area contributed by atoms with E-state index in [2.05, 4.69) is 28.3 Å². The molecule has 2 aromatic rings. The van der Waals surface area contributed by atoms with E-state index in [-0.39, 0.29) is 5.91 Å². The fourth-order valence-electron chi connectivity index (χ4n) is 2.95. The molecule has 0 saturated carbocycles. The number of hydrogen-bond donors (Lipinski definition) is 0. The molecular weight excluding hydrogens is 320 g/mol. The van der Waals surface area contributed by atoms with E-state index in [0.29, 0.717) is 6.42 Å². The Kier molecular flexibility index (Phi) is 5.80. The molecule has 1 saturated heterocycles. The molecule has 2 heterocycles. The van der Waals surface area contributed by atoms with Gasteiger partial charge in [-0.2, -0.15) is 4.37 Å². The summed E-state index contributed by atoms with van der Waals surface area (Å²) in [7, 11) is 0. The van der Waals surface area contributed by atoms with Crippen LogP contribution in [-0.4, -0.2) is 46.3 Å². The zero-order valence-electron chi connectivity index (χ0n) is 14.1. The summed E-state index contributed by atoms with van der Waals surface area (Å²) in [5, 5.41) is 0.978. The lowest BCUT2D eigenvalue weighted by Crippen LogP contribution is -2.35. The number of aromatic nitrogens is 2. The molecule has 0 N–H and O–H groups in total. The maximum absolute atomic E-state index is 12.1. The van der Waals surface area contributed by atoms with Crippen molar-refractivity contribution in [3.05, 3.63) is 41.7 Å². The van der Waals surface area contributed by atoms with Crippen molar-refractivity contribution in [1.82, 2.24) is 14.3 Å². The van der Waals surface area contributed by atoms with Gasteiger partial charge < -0.3 is 9.80 Å². The zero-order valence-corrected chi connectivity index (χ0v) is 15.0. The van der Waals surface area contributed by atoms with E-state index in [1.807, 2.05) is 23.1 Å². The molecule has 1 aliphatic heterocycles. The molecule has 0 aliphatic carbocycles. The van der Waals surface area contributed by atoms with E-state index in [1.54, 1.807) is 0 Å². The van der Waals surface area contributed by atoms with Gasteiger partial charge in [0.15, 0.2) is 0 Å². The minimum atomic E-state index is 0.279. The number of nitrogens with zero attached hydrogens (tertiary/aromatic N) is 4. The van der Waals surface area contributed by atoms with Crippen molar-refractivity contribution < 1.29 is 4.79 Å². The van der Waals surface area contributed by atoms with Gasteiger partial charge in [-0.15, -0.1) is 0 Å². The van der Waals surface area contributed by atoms with Gasteiger partial charge in [-0.25, -0.2) is 4.98 Å². The van der Waals surface area contributed by atoms with E-state index < -0.39 is 0 Å². The Hall–Kier alpha value is -1.95. The third-order valence-corrected chi connectivity index (χ3v) is 5.06. The fourth-order valence-corrected chi connectivity index (χ4v) is 3.69. The lowest BCUT2D eigenvalue weighted by molar-refractivity contribution is -0.131. The maximum Gasteiger partial charge on any atom is 0.222 e. The van der Waals surface area contributed by atoms with Crippen LogP contribution in [0, 0.1) is 0 Å². The first-order valence-electron chi connectivity index (χ1n) is 8.65. The fraction of sp³-hybridized carbons (Fsp3) is 0.500. The lowest BCUT2D eigenvalue weighted by Gasteiger charge is -2.21. The first kappa shape index (κ1) is 16.9. The highest BCUT2D eigenvalue weighted by Gasteiger charge is 2.20.